The van der Waals surface area contributed by atoms with Crippen molar-refractivity contribution in [3.8, 4) is 11.3 Å². The lowest BCUT2D eigenvalue weighted by atomic mass is 10.1. The predicted molar refractivity (Wildman–Crippen MR) is 78.9 cm³/mol. The molecule has 1 atom stereocenters. The van der Waals surface area contributed by atoms with Crippen LogP contribution in [0.3, 0.4) is 0 Å². The van der Waals surface area contributed by atoms with E-state index in [9.17, 15) is 4.79 Å². The van der Waals surface area contributed by atoms with Gasteiger partial charge in [-0.2, -0.15) is 5.10 Å². The van der Waals surface area contributed by atoms with Gasteiger partial charge in [0.1, 0.15) is 18.2 Å². The molecule has 1 aromatic carbocycles. The van der Waals surface area contributed by atoms with Crippen LogP contribution in [0.5, 0.6) is 0 Å². The minimum absolute atomic E-state index is 0.104. The maximum Gasteiger partial charge on any atom is 0.257 e. The van der Waals surface area contributed by atoms with Gasteiger partial charge in [0.15, 0.2) is 5.76 Å². The van der Waals surface area contributed by atoms with Gasteiger partial charge in [0.05, 0.1) is 12.7 Å². The lowest BCUT2D eigenvalue weighted by Crippen LogP contribution is -2.35. The first kappa shape index (κ1) is 14.0. The highest BCUT2D eigenvalue weighted by Gasteiger charge is 2.19. The van der Waals surface area contributed by atoms with Crippen LogP contribution in [0.2, 0.25) is 0 Å². The number of rotatable bonds is 5. The number of carbonyl (C=O) groups is 1. The Kier molecular flexibility index (Phi) is 3.95. The topological polar surface area (TPSA) is 85.8 Å². The molecule has 1 N–H and O–H groups in total. The van der Waals surface area contributed by atoms with E-state index in [2.05, 4.69) is 20.6 Å². The molecule has 3 aromatic rings. The smallest absolute Gasteiger partial charge is 0.257 e. The number of hydrogen-bond acceptors (Lipinski definition) is 5. The number of aromatic nitrogens is 4. The van der Waals surface area contributed by atoms with E-state index in [0.29, 0.717) is 17.9 Å². The van der Waals surface area contributed by atoms with Crippen LogP contribution in [0.25, 0.3) is 11.3 Å². The molecular formula is C15H15N5O2. The van der Waals surface area contributed by atoms with Crippen molar-refractivity contribution in [3.05, 3.63) is 54.7 Å². The zero-order valence-corrected chi connectivity index (χ0v) is 12.0. The largest absolute Gasteiger partial charge is 0.355 e. The average molecular weight is 297 g/mol. The van der Waals surface area contributed by atoms with Crippen molar-refractivity contribution in [2.24, 2.45) is 0 Å². The monoisotopic (exact) mass is 297 g/mol. The Morgan fingerprint density at radius 2 is 2.18 bits per heavy atom. The zero-order valence-electron chi connectivity index (χ0n) is 12.0. The summed E-state index contributed by atoms with van der Waals surface area (Å²) < 4.78 is 6.88. The highest BCUT2D eigenvalue weighted by atomic mass is 16.5. The van der Waals surface area contributed by atoms with Crippen LogP contribution in [0.4, 0.5) is 0 Å². The molecule has 0 spiro atoms. The van der Waals surface area contributed by atoms with Crippen molar-refractivity contribution >= 4 is 5.91 Å². The maximum atomic E-state index is 12.4. The lowest BCUT2D eigenvalue weighted by molar-refractivity contribution is 0.0936. The number of nitrogens with zero attached hydrogens (tertiary/aromatic N) is 4. The SMILES string of the molecule is C[C@H](Cn1cncn1)NC(=O)c1cnoc1-c1ccccc1. The highest BCUT2D eigenvalue weighted by molar-refractivity contribution is 5.99. The summed E-state index contributed by atoms with van der Waals surface area (Å²) in [6, 6.07) is 9.30. The van der Waals surface area contributed by atoms with Gasteiger partial charge >= 0.3 is 0 Å². The molecule has 2 heterocycles. The third-order valence-corrected chi connectivity index (χ3v) is 3.16. The predicted octanol–water partition coefficient (Wildman–Crippen LogP) is 1.75. The van der Waals surface area contributed by atoms with E-state index in [1.165, 1.54) is 12.5 Å². The van der Waals surface area contributed by atoms with Crippen LogP contribution in [0.15, 0.2) is 53.7 Å². The summed E-state index contributed by atoms with van der Waals surface area (Å²) >= 11 is 0. The van der Waals surface area contributed by atoms with Crippen LogP contribution in [0, 0.1) is 0 Å². The van der Waals surface area contributed by atoms with Crippen molar-refractivity contribution in [1.29, 1.82) is 0 Å². The van der Waals surface area contributed by atoms with E-state index in [4.69, 9.17) is 4.52 Å². The number of amides is 1. The van der Waals surface area contributed by atoms with Gasteiger partial charge in [0.2, 0.25) is 0 Å². The molecule has 0 unspecified atom stereocenters. The van der Waals surface area contributed by atoms with E-state index >= 15 is 0 Å². The first-order chi connectivity index (χ1) is 10.7. The molecular weight excluding hydrogens is 282 g/mol. The molecule has 0 saturated carbocycles. The van der Waals surface area contributed by atoms with Gasteiger partial charge in [-0.15, -0.1) is 0 Å². The highest BCUT2D eigenvalue weighted by Crippen LogP contribution is 2.23. The Labute approximate surface area is 127 Å². The second kappa shape index (κ2) is 6.21. The van der Waals surface area contributed by atoms with Gasteiger partial charge < -0.3 is 9.84 Å². The Balaban J connectivity index is 1.72. The van der Waals surface area contributed by atoms with Crippen LogP contribution < -0.4 is 5.32 Å². The van der Waals surface area contributed by atoms with E-state index < -0.39 is 0 Å². The Morgan fingerprint density at radius 3 is 2.91 bits per heavy atom. The molecule has 0 radical (unpaired) electrons. The summed E-state index contributed by atoms with van der Waals surface area (Å²) in [5.74, 6) is 0.235. The standard InChI is InChI=1S/C15H15N5O2/c1-11(8-20-10-16-9-17-20)19-15(21)13-7-18-22-14(13)12-5-3-2-4-6-12/h2-7,9-11H,8H2,1H3,(H,19,21)/t11-/m1/s1. The Bertz CT molecular complexity index is 736. The van der Waals surface area contributed by atoms with Crippen LogP contribution in [0.1, 0.15) is 17.3 Å². The van der Waals surface area contributed by atoms with E-state index in [-0.39, 0.29) is 11.9 Å². The van der Waals surface area contributed by atoms with Gasteiger partial charge in [0, 0.05) is 11.6 Å². The summed E-state index contributed by atoms with van der Waals surface area (Å²) in [7, 11) is 0. The number of hydrogen-bond donors (Lipinski definition) is 1. The molecule has 0 aliphatic carbocycles. The number of benzene rings is 1. The van der Waals surface area contributed by atoms with E-state index in [1.54, 1.807) is 11.0 Å². The molecule has 3 rings (SSSR count). The zero-order chi connectivity index (χ0) is 15.4. The molecule has 2 aromatic heterocycles. The molecule has 0 bridgehead atoms. The average Bonchev–Trinajstić information content (AvgIpc) is 3.18. The van der Waals surface area contributed by atoms with E-state index in [0.717, 1.165) is 5.56 Å². The Morgan fingerprint density at radius 1 is 1.36 bits per heavy atom. The Hall–Kier alpha value is -2.96. The van der Waals surface area contributed by atoms with Crippen molar-refractivity contribution in [2.45, 2.75) is 19.5 Å². The number of carbonyl (C=O) groups excluding carboxylic acids is 1. The molecule has 7 heteroatoms. The minimum Gasteiger partial charge on any atom is -0.355 e. The normalized spacial score (nSPS) is 12.0. The lowest BCUT2D eigenvalue weighted by Gasteiger charge is -2.13. The van der Waals surface area contributed by atoms with Gasteiger partial charge in [-0.25, -0.2) is 4.98 Å². The summed E-state index contributed by atoms with van der Waals surface area (Å²) in [5, 5.41) is 10.7. The first-order valence-corrected chi connectivity index (χ1v) is 6.87. The summed E-state index contributed by atoms with van der Waals surface area (Å²) in [5.41, 5.74) is 1.23. The summed E-state index contributed by atoms with van der Waals surface area (Å²) in [6.07, 6.45) is 4.50. The quantitative estimate of drug-likeness (QED) is 0.775. The van der Waals surface area contributed by atoms with Crippen molar-refractivity contribution < 1.29 is 9.32 Å². The fourth-order valence-corrected chi connectivity index (χ4v) is 2.15. The molecule has 112 valence electrons. The van der Waals surface area contributed by atoms with Crippen molar-refractivity contribution in [2.75, 3.05) is 0 Å². The van der Waals surface area contributed by atoms with Crippen molar-refractivity contribution in [1.82, 2.24) is 25.2 Å². The molecule has 1 amide bonds. The molecule has 0 aliphatic rings. The summed E-state index contributed by atoms with van der Waals surface area (Å²) in [6.45, 7) is 2.44. The molecule has 7 nitrogen and oxygen atoms in total. The van der Waals surface area contributed by atoms with Gasteiger partial charge in [-0.05, 0) is 6.92 Å². The van der Waals surface area contributed by atoms with E-state index in [1.807, 2.05) is 37.3 Å². The van der Waals surface area contributed by atoms with Gasteiger partial charge in [-0.1, -0.05) is 35.5 Å². The van der Waals surface area contributed by atoms with Gasteiger partial charge in [-0.3, -0.25) is 9.48 Å². The fourth-order valence-electron chi connectivity index (χ4n) is 2.15. The molecule has 22 heavy (non-hydrogen) atoms. The minimum atomic E-state index is -0.229. The fraction of sp³-hybridized carbons (Fsp3) is 0.200. The van der Waals surface area contributed by atoms with Crippen molar-refractivity contribution in [3.63, 3.8) is 0 Å². The second-order valence-corrected chi connectivity index (χ2v) is 4.93. The third-order valence-electron chi connectivity index (χ3n) is 3.16. The van der Waals surface area contributed by atoms with Crippen LogP contribution >= 0.6 is 0 Å². The second-order valence-electron chi connectivity index (χ2n) is 4.93. The van der Waals surface area contributed by atoms with Crippen LogP contribution in [-0.4, -0.2) is 31.9 Å². The number of nitrogens with one attached hydrogen (secondary N) is 1. The third kappa shape index (κ3) is 3.03. The first-order valence-electron chi connectivity index (χ1n) is 6.87. The van der Waals surface area contributed by atoms with Crippen LogP contribution in [-0.2, 0) is 6.54 Å². The molecule has 0 fully saturated rings. The summed E-state index contributed by atoms with van der Waals surface area (Å²) in [4.78, 5) is 16.3. The van der Waals surface area contributed by atoms with Gasteiger partial charge in [0.25, 0.3) is 5.91 Å². The molecule has 0 saturated heterocycles. The molecule has 0 aliphatic heterocycles. The maximum absolute atomic E-state index is 12.4.